The smallest absolute Gasteiger partial charge is 0.327 e. The Morgan fingerprint density at radius 2 is 1.94 bits per heavy atom. The number of carbonyl (C=O) groups is 2. The summed E-state index contributed by atoms with van der Waals surface area (Å²) in [6.45, 7) is 8.57. The molecule has 0 bridgehead atoms. The number of imide groups is 1. The van der Waals surface area contributed by atoms with Gasteiger partial charge in [-0.05, 0) is 60.4 Å². The number of fused-ring (bicyclic) bond motifs is 1. The number of pyridine rings is 1. The molecule has 0 radical (unpaired) electrons. The third kappa shape index (κ3) is 4.79. The zero-order chi connectivity index (χ0) is 24.4. The number of aromatic nitrogens is 1. The molecule has 3 aliphatic heterocycles. The minimum absolute atomic E-state index is 0.00339. The Morgan fingerprint density at radius 3 is 2.69 bits per heavy atom. The quantitative estimate of drug-likeness (QED) is 0.541. The average Bonchev–Trinajstić information content (AvgIpc) is 3.39. The maximum atomic E-state index is 13.7. The predicted octanol–water partition coefficient (Wildman–Crippen LogP) is 3.90. The van der Waals surface area contributed by atoms with E-state index in [9.17, 15) is 9.59 Å². The van der Waals surface area contributed by atoms with Crippen LogP contribution in [0.1, 0.15) is 49.8 Å². The Balaban J connectivity index is 1.25. The van der Waals surface area contributed by atoms with E-state index in [-0.39, 0.29) is 11.9 Å². The fraction of sp³-hybridized carbons (Fsp3) is 0.536. The number of urea groups is 1. The molecule has 0 unspecified atom stereocenters. The Labute approximate surface area is 208 Å². The van der Waals surface area contributed by atoms with Gasteiger partial charge in [-0.2, -0.15) is 0 Å². The normalized spacial score (nSPS) is 19.6. The van der Waals surface area contributed by atoms with Crippen LogP contribution in [0, 0.1) is 5.92 Å². The molecule has 0 N–H and O–H groups in total. The molecule has 2 aromatic rings. The molecule has 3 amide bonds. The number of hydrogen-bond donors (Lipinski definition) is 0. The predicted molar refractivity (Wildman–Crippen MR) is 134 cm³/mol. The van der Waals surface area contributed by atoms with Gasteiger partial charge in [0, 0.05) is 51.5 Å². The zero-order valence-electron chi connectivity index (χ0n) is 20.9. The second-order valence-electron chi connectivity index (χ2n) is 10.6. The first-order valence-electron chi connectivity index (χ1n) is 13.0. The molecule has 2 fully saturated rings. The molecule has 1 aromatic heterocycles. The highest BCUT2D eigenvalue weighted by Crippen LogP contribution is 2.38. The highest BCUT2D eigenvalue weighted by molar-refractivity contribution is 6.07. The molecule has 1 spiro atoms. The largest absolute Gasteiger partial charge is 0.493 e. The van der Waals surface area contributed by atoms with Crippen molar-refractivity contribution in [3.63, 3.8) is 0 Å². The molecule has 5 rings (SSSR count). The summed E-state index contributed by atoms with van der Waals surface area (Å²) in [5, 5.41) is 0. The van der Waals surface area contributed by atoms with Crippen molar-refractivity contribution in [3.05, 3.63) is 59.4 Å². The van der Waals surface area contributed by atoms with Gasteiger partial charge in [0.05, 0.1) is 6.61 Å². The molecule has 4 heterocycles. The fourth-order valence-corrected chi connectivity index (χ4v) is 5.75. The number of aryl methyl sites for hydroxylation is 1. The number of rotatable bonds is 8. The number of piperidine rings is 1. The number of nitrogens with zero attached hydrogens (tertiary/aromatic N) is 4. The summed E-state index contributed by atoms with van der Waals surface area (Å²) in [5.41, 5.74) is 3.01. The van der Waals surface area contributed by atoms with Crippen LogP contribution in [0.25, 0.3) is 0 Å². The molecule has 2 saturated heterocycles. The van der Waals surface area contributed by atoms with Crippen LogP contribution in [-0.4, -0.2) is 69.9 Å². The van der Waals surface area contributed by atoms with Crippen molar-refractivity contribution in [2.24, 2.45) is 5.92 Å². The molecule has 7 nitrogen and oxygen atoms in total. The van der Waals surface area contributed by atoms with Crippen molar-refractivity contribution in [2.75, 3.05) is 32.8 Å². The SMILES string of the molecule is CC(C)CN1C(=O)N(CCCc2cccnc2)C(=O)C12CCN(Cc1ccc3c(c1)CCO3)CC2. The van der Waals surface area contributed by atoms with Crippen molar-refractivity contribution >= 4 is 11.9 Å². The second kappa shape index (κ2) is 9.97. The maximum Gasteiger partial charge on any atom is 0.327 e. The Hall–Kier alpha value is -2.93. The summed E-state index contributed by atoms with van der Waals surface area (Å²) < 4.78 is 5.64. The number of carbonyl (C=O) groups excluding carboxylic acids is 2. The van der Waals surface area contributed by atoms with Crippen LogP contribution >= 0.6 is 0 Å². The third-order valence-electron chi connectivity index (χ3n) is 7.58. The summed E-state index contributed by atoms with van der Waals surface area (Å²) in [7, 11) is 0. The van der Waals surface area contributed by atoms with E-state index < -0.39 is 5.54 Å². The van der Waals surface area contributed by atoms with Gasteiger partial charge in [0.25, 0.3) is 5.91 Å². The summed E-state index contributed by atoms with van der Waals surface area (Å²) in [4.78, 5) is 37.2. The van der Waals surface area contributed by atoms with Crippen molar-refractivity contribution in [3.8, 4) is 5.75 Å². The molecular formula is C28H36N4O3. The number of amides is 3. The molecule has 7 heteroatoms. The topological polar surface area (TPSA) is 66.0 Å². The minimum atomic E-state index is -0.696. The molecule has 3 aliphatic rings. The van der Waals surface area contributed by atoms with Gasteiger partial charge in [0.1, 0.15) is 11.3 Å². The summed E-state index contributed by atoms with van der Waals surface area (Å²) in [6, 6.07) is 10.3. The first kappa shape index (κ1) is 23.8. The van der Waals surface area contributed by atoms with E-state index in [1.807, 2.05) is 23.2 Å². The Kier molecular flexibility index (Phi) is 6.78. The van der Waals surface area contributed by atoms with Gasteiger partial charge >= 0.3 is 6.03 Å². The standard InChI is InChI=1S/C28H36N4O3/c1-21(2)19-32-27(34)31(13-4-6-22-5-3-12-29-18-22)26(33)28(32)10-14-30(15-11-28)20-23-7-8-25-24(17-23)9-16-35-25/h3,5,7-8,12,17-18,21H,4,6,9-11,13-16,19-20H2,1-2H3. The van der Waals surface area contributed by atoms with E-state index in [2.05, 4.69) is 41.9 Å². The van der Waals surface area contributed by atoms with Gasteiger partial charge in [0.2, 0.25) is 0 Å². The van der Waals surface area contributed by atoms with Crippen LogP contribution in [-0.2, 0) is 24.2 Å². The molecule has 1 aromatic carbocycles. The van der Waals surface area contributed by atoms with Crippen molar-refractivity contribution in [1.29, 1.82) is 0 Å². The minimum Gasteiger partial charge on any atom is -0.493 e. The molecule has 35 heavy (non-hydrogen) atoms. The Bertz CT molecular complexity index is 1060. The van der Waals surface area contributed by atoms with Gasteiger partial charge in [-0.1, -0.05) is 32.0 Å². The van der Waals surface area contributed by atoms with Gasteiger partial charge < -0.3 is 9.64 Å². The number of likely N-dealkylation sites (tertiary alicyclic amines) is 1. The first-order chi connectivity index (χ1) is 17.0. The highest BCUT2D eigenvalue weighted by Gasteiger charge is 2.57. The van der Waals surface area contributed by atoms with Crippen molar-refractivity contribution < 1.29 is 14.3 Å². The van der Waals surface area contributed by atoms with Crippen molar-refractivity contribution in [1.82, 2.24) is 19.7 Å². The van der Waals surface area contributed by atoms with Crippen LogP contribution in [0.15, 0.2) is 42.7 Å². The van der Waals surface area contributed by atoms with Crippen molar-refractivity contribution in [2.45, 2.75) is 58.0 Å². The lowest BCUT2D eigenvalue weighted by atomic mass is 9.85. The maximum absolute atomic E-state index is 13.7. The summed E-state index contributed by atoms with van der Waals surface area (Å²) >= 11 is 0. The molecule has 0 aliphatic carbocycles. The van der Waals surface area contributed by atoms with Crippen LogP contribution in [0.2, 0.25) is 0 Å². The highest BCUT2D eigenvalue weighted by atomic mass is 16.5. The second-order valence-corrected chi connectivity index (χ2v) is 10.6. The zero-order valence-corrected chi connectivity index (χ0v) is 20.9. The summed E-state index contributed by atoms with van der Waals surface area (Å²) in [5.74, 6) is 1.32. The van der Waals surface area contributed by atoms with Gasteiger partial charge in [0.15, 0.2) is 0 Å². The molecule has 186 valence electrons. The van der Waals surface area contributed by atoms with Crippen LogP contribution in [0.4, 0.5) is 4.79 Å². The van der Waals surface area contributed by atoms with E-state index in [1.54, 1.807) is 6.20 Å². The van der Waals surface area contributed by atoms with E-state index in [0.717, 1.165) is 56.8 Å². The number of hydrogen-bond acceptors (Lipinski definition) is 5. The number of ether oxygens (including phenoxy) is 1. The third-order valence-corrected chi connectivity index (χ3v) is 7.58. The average molecular weight is 477 g/mol. The van der Waals surface area contributed by atoms with Crippen LogP contribution in [0.5, 0.6) is 5.75 Å². The monoisotopic (exact) mass is 476 g/mol. The van der Waals surface area contributed by atoms with Gasteiger partial charge in [-0.15, -0.1) is 0 Å². The lowest BCUT2D eigenvalue weighted by Crippen LogP contribution is -2.57. The van der Waals surface area contributed by atoms with E-state index >= 15 is 0 Å². The fourth-order valence-electron chi connectivity index (χ4n) is 5.75. The molecule has 0 atom stereocenters. The molecular weight excluding hydrogens is 440 g/mol. The number of benzene rings is 1. The van der Waals surface area contributed by atoms with E-state index in [1.165, 1.54) is 16.0 Å². The molecule has 0 saturated carbocycles. The van der Waals surface area contributed by atoms with Crippen LogP contribution in [0.3, 0.4) is 0 Å². The van der Waals surface area contributed by atoms with E-state index in [4.69, 9.17) is 4.74 Å². The van der Waals surface area contributed by atoms with E-state index in [0.29, 0.717) is 31.8 Å². The first-order valence-corrected chi connectivity index (χ1v) is 13.0. The van der Waals surface area contributed by atoms with Gasteiger partial charge in [-0.25, -0.2) is 4.79 Å². The Morgan fingerprint density at radius 1 is 1.11 bits per heavy atom. The van der Waals surface area contributed by atoms with Crippen LogP contribution < -0.4 is 4.74 Å². The summed E-state index contributed by atoms with van der Waals surface area (Å²) in [6.07, 6.45) is 7.53. The van der Waals surface area contributed by atoms with Gasteiger partial charge in [-0.3, -0.25) is 19.6 Å². The lowest BCUT2D eigenvalue weighted by molar-refractivity contribution is -0.135. The lowest BCUT2D eigenvalue weighted by Gasteiger charge is -2.42.